The van der Waals surface area contributed by atoms with Gasteiger partial charge in [0.25, 0.3) is 0 Å². The van der Waals surface area contributed by atoms with Crippen LogP contribution in [0.25, 0.3) is 0 Å². The number of ether oxygens (including phenoxy) is 1. The average Bonchev–Trinajstić information content (AvgIpc) is 2.46. The minimum Gasteiger partial charge on any atom is -0.493 e. The molecule has 0 spiro atoms. The molecule has 19 heavy (non-hydrogen) atoms. The van der Waals surface area contributed by atoms with E-state index in [1.54, 1.807) is 12.1 Å². The Labute approximate surface area is 112 Å². The highest BCUT2D eigenvalue weighted by Crippen LogP contribution is 2.33. The molecule has 1 heterocycles. The van der Waals surface area contributed by atoms with Gasteiger partial charge in [0.05, 0.1) is 12.3 Å². The van der Waals surface area contributed by atoms with E-state index in [0.29, 0.717) is 11.6 Å². The van der Waals surface area contributed by atoms with Crippen LogP contribution in [0.4, 0.5) is 10.1 Å². The van der Waals surface area contributed by atoms with Crippen molar-refractivity contribution in [1.82, 2.24) is 0 Å². The van der Waals surface area contributed by atoms with E-state index in [2.05, 4.69) is 11.4 Å². The Bertz CT molecular complexity index is 570. The lowest BCUT2D eigenvalue weighted by atomic mass is 9.93. The van der Waals surface area contributed by atoms with Crippen molar-refractivity contribution in [3.63, 3.8) is 0 Å². The second kappa shape index (κ2) is 5.31. The zero-order valence-corrected chi connectivity index (χ0v) is 10.6. The van der Waals surface area contributed by atoms with Gasteiger partial charge in [-0.2, -0.15) is 0 Å². The SMILES string of the molecule is Fc1ccccc1NCC1CCOc2ccccc21. The summed E-state index contributed by atoms with van der Waals surface area (Å²) in [6, 6.07) is 14.8. The molecule has 2 nitrogen and oxygen atoms in total. The predicted octanol–water partition coefficient (Wildman–Crippen LogP) is 3.80. The molecule has 0 aromatic heterocycles. The number of rotatable bonds is 3. The number of halogens is 1. The molecule has 3 heteroatoms. The van der Waals surface area contributed by atoms with Crippen molar-refractivity contribution in [3.8, 4) is 5.75 Å². The summed E-state index contributed by atoms with van der Waals surface area (Å²) in [5.74, 6) is 1.11. The molecular weight excluding hydrogens is 241 g/mol. The first-order valence-electron chi connectivity index (χ1n) is 6.55. The topological polar surface area (TPSA) is 21.3 Å². The van der Waals surface area contributed by atoms with E-state index >= 15 is 0 Å². The highest BCUT2D eigenvalue weighted by atomic mass is 19.1. The first kappa shape index (κ1) is 12.0. The quantitative estimate of drug-likeness (QED) is 0.903. The van der Waals surface area contributed by atoms with E-state index in [1.165, 1.54) is 11.6 Å². The van der Waals surface area contributed by atoms with Gasteiger partial charge in [0.1, 0.15) is 11.6 Å². The minimum absolute atomic E-state index is 0.206. The van der Waals surface area contributed by atoms with E-state index in [0.717, 1.165) is 25.3 Å². The molecule has 1 N–H and O–H groups in total. The second-order valence-electron chi connectivity index (χ2n) is 4.73. The van der Waals surface area contributed by atoms with E-state index in [1.807, 2.05) is 24.3 Å². The Morgan fingerprint density at radius 1 is 1.11 bits per heavy atom. The molecule has 0 bridgehead atoms. The predicted molar refractivity (Wildman–Crippen MR) is 74.2 cm³/mol. The molecule has 1 unspecified atom stereocenters. The van der Waals surface area contributed by atoms with Crippen molar-refractivity contribution in [2.45, 2.75) is 12.3 Å². The van der Waals surface area contributed by atoms with Crippen molar-refractivity contribution >= 4 is 5.69 Å². The van der Waals surface area contributed by atoms with E-state index in [9.17, 15) is 4.39 Å². The van der Waals surface area contributed by atoms with Crippen molar-refractivity contribution in [2.75, 3.05) is 18.5 Å². The zero-order chi connectivity index (χ0) is 13.1. The maximum absolute atomic E-state index is 13.6. The van der Waals surface area contributed by atoms with Gasteiger partial charge < -0.3 is 10.1 Å². The third-order valence-corrected chi connectivity index (χ3v) is 3.50. The minimum atomic E-state index is -0.206. The Morgan fingerprint density at radius 3 is 2.79 bits per heavy atom. The van der Waals surface area contributed by atoms with Crippen LogP contribution in [-0.2, 0) is 0 Å². The van der Waals surface area contributed by atoms with Crippen LogP contribution in [0.15, 0.2) is 48.5 Å². The number of anilines is 1. The van der Waals surface area contributed by atoms with Crippen LogP contribution in [0.1, 0.15) is 17.9 Å². The number of para-hydroxylation sites is 2. The lowest BCUT2D eigenvalue weighted by molar-refractivity contribution is 0.270. The number of benzene rings is 2. The molecule has 0 fully saturated rings. The van der Waals surface area contributed by atoms with Gasteiger partial charge in [-0.25, -0.2) is 4.39 Å². The van der Waals surface area contributed by atoms with Crippen molar-refractivity contribution in [3.05, 3.63) is 59.9 Å². The molecule has 0 radical (unpaired) electrons. The van der Waals surface area contributed by atoms with Crippen LogP contribution in [0.3, 0.4) is 0 Å². The van der Waals surface area contributed by atoms with Gasteiger partial charge in [0, 0.05) is 12.5 Å². The fourth-order valence-corrected chi connectivity index (χ4v) is 2.47. The van der Waals surface area contributed by atoms with Crippen LogP contribution < -0.4 is 10.1 Å². The summed E-state index contributed by atoms with van der Waals surface area (Å²) in [5.41, 5.74) is 1.77. The van der Waals surface area contributed by atoms with Crippen molar-refractivity contribution in [2.24, 2.45) is 0 Å². The van der Waals surface area contributed by atoms with E-state index < -0.39 is 0 Å². The normalized spacial score (nSPS) is 17.4. The van der Waals surface area contributed by atoms with Gasteiger partial charge in [-0.15, -0.1) is 0 Å². The highest BCUT2D eigenvalue weighted by Gasteiger charge is 2.20. The molecule has 0 saturated carbocycles. The maximum Gasteiger partial charge on any atom is 0.146 e. The monoisotopic (exact) mass is 257 g/mol. The standard InChI is InChI=1S/C16H16FNO/c17-14-6-2-3-7-15(14)18-11-12-9-10-19-16-8-4-1-5-13(12)16/h1-8,12,18H,9-11H2. The first-order chi connectivity index (χ1) is 9.34. The molecular formula is C16H16FNO. The van der Waals surface area contributed by atoms with E-state index in [4.69, 9.17) is 4.74 Å². The molecule has 0 saturated heterocycles. The number of nitrogens with one attached hydrogen (secondary N) is 1. The lowest BCUT2D eigenvalue weighted by Crippen LogP contribution is -2.21. The summed E-state index contributed by atoms with van der Waals surface area (Å²) < 4.78 is 19.2. The summed E-state index contributed by atoms with van der Waals surface area (Å²) in [6.45, 7) is 1.45. The summed E-state index contributed by atoms with van der Waals surface area (Å²) in [4.78, 5) is 0. The number of fused-ring (bicyclic) bond motifs is 1. The second-order valence-corrected chi connectivity index (χ2v) is 4.73. The van der Waals surface area contributed by atoms with Gasteiger partial charge in [-0.1, -0.05) is 30.3 Å². The molecule has 3 rings (SSSR count). The average molecular weight is 257 g/mol. The molecule has 0 aliphatic carbocycles. The summed E-state index contributed by atoms with van der Waals surface area (Å²) in [5, 5.41) is 3.19. The maximum atomic E-state index is 13.6. The van der Waals surface area contributed by atoms with Crippen LogP contribution in [0, 0.1) is 5.82 Å². The lowest BCUT2D eigenvalue weighted by Gasteiger charge is -2.26. The Balaban J connectivity index is 1.73. The number of hydrogen-bond donors (Lipinski definition) is 1. The van der Waals surface area contributed by atoms with Gasteiger partial charge in [-0.3, -0.25) is 0 Å². The van der Waals surface area contributed by atoms with Gasteiger partial charge in [0.2, 0.25) is 0 Å². The number of hydrogen-bond acceptors (Lipinski definition) is 2. The van der Waals surface area contributed by atoms with Crippen LogP contribution in [-0.4, -0.2) is 13.2 Å². The third-order valence-electron chi connectivity index (χ3n) is 3.50. The fourth-order valence-electron chi connectivity index (χ4n) is 2.47. The van der Waals surface area contributed by atoms with Gasteiger partial charge in [-0.05, 0) is 30.2 Å². The van der Waals surface area contributed by atoms with Crippen LogP contribution in [0.5, 0.6) is 5.75 Å². The first-order valence-corrected chi connectivity index (χ1v) is 6.55. The largest absolute Gasteiger partial charge is 0.493 e. The molecule has 1 aliphatic heterocycles. The Hall–Kier alpha value is -2.03. The molecule has 1 aliphatic rings. The summed E-state index contributed by atoms with van der Waals surface area (Å²) in [6.07, 6.45) is 0.957. The molecule has 1 atom stereocenters. The molecule has 2 aromatic rings. The molecule has 2 aromatic carbocycles. The summed E-state index contributed by atoms with van der Waals surface area (Å²) >= 11 is 0. The van der Waals surface area contributed by atoms with Crippen LogP contribution in [0.2, 0.25) is 0 Å². The van der Waals surface area contributed by atoms with Crippen molar-refractivity contribution in [1.29, 1.82) is 0 Å². The van der Waals surface area contributed by atoms with E-state index in [-0.39, 0.29) is 5.82 Å². The fraction of sp³-hybridized carbons (Fsp3) is 0.250. The Morgan fingerprint density at radius 2 is 1.89 bits per heavy atom. The summed E-state index contributed by atoms with van der Waals surface area (Å²) in [7, 11) is 0. The zero-order valence-electron chi connectivity index (χ0n) is 10.6. The van der Waals surface area contributed by atoms with Crippen LogP contribution >= 0.6 is 0 Å². The molecule has 98 valence electrons. The van der Waals surface area contributed by atoms with Crippen molar-refractivity contribution < 1.29 is 9.13 Å². The van der Waals surface area contributed by atoms with Gasteiger partial charge >= 0.3 is 0 Å². The third kappa shape index (κ3) is 2.55. The molecule has 0 amide bonds. The van der Waals surface area contributed by atoms with Gasteiger partial charge in [0.15, 0.2) is 0 Å². The highest BCUT2D eigenvalue weighted by molar-refractivity contribution is 5.46. The Kier molecular flexibility index (Phi) is 3.36. The smallest absolute Gasteiger partial charge is 0.146 e.